The molecule has 0 N–H and O–H groups in total. The number of aryl methyl sites for hydroxylation is 1. The molecule has 1 aromatic heterocycles. The van der Waals surface area contributed by atoms with E-state index in [1.54, 1.807) is 0 Å². The second-order valence-corrected chi connectivity index (χ2v) is 6.93. The summed E-state index contributed by atoms with van der Waals surface area (Å²) in [5.74, 6) is 0.810. The van der Waals surface area contributed by atoms with Crippen LogP contribution < -0.4 is 0 Å². The SMILES string of the molecule is Cc1ccc(-n2c(C(C)Cl)nc3cc(Cl)ccc32)cc1Br. The van der Waals surface area contributed by atoms with Gasteiger partial charge in [0.2, 0.25) is 0 Å². The average molecular weight is 384 g/mol. The van der Waals surface area contributed by atoms with Gasteiger partial charge >= 0.3 is 0 Å². The zero-order chi connectivity index (χ0) is 15.1. The molecule has 1 heterocycles. The molecule has 1 atom stereocenters. The third-order valence-corrected chi connectivity index (χ3v) is 4.70. The van der Waals surface area contributed by atoms with Gasteiger partial charge in [0.25, 0.3) is 0 Å². The van der Waals surface area contributed by atoms with Gasteiger partial charge in [0.05, 0.1) is 16.4 Å². The molecular formula is C16H13BrCl2N2. The summed E-state index contributed by atoms with van der Waals surface area (Å²) in [6.07, 6.45) is 0. The van der Waals surface area contributed by atoms with E-state index in [1.165, 1.54) is 5.56 Å². The Kier molecular flexibility index (Phi) is 4.00. The summed E-state index contributed by atoms with van der Waals surface area (Å²) >= 11 is 16.0. The van der Waals surface area contributed by atoms with E-state index in [0.29, 0.717) is 5.02 Å². The Balaban J connectivity index is 2.33. The number of nitrogens with zero attached hydrogens (tertiary/aromatic N) is 2. The third-order valence-electron chi connectivity index (χ3n) is 3.41. The summed E-state index contributed by atoms with van der Waals surface area (Å²) in [6, 6.07) is 11.9. The maximum Gasteiger partial charge on any atom is 0.132 e. The molecule has 0 fully saturated rings. The first-order valence-corrected chi connectivity index (χ1v) is 8.16. The van der Waals surface area contributed by atoms with Crippen molar-refractivity contribution in [2.24, 2.45) is 0 Å². The molecule has 0 saturated carbocycles. The van der Waals surface area contributed by atoms with E-state index in [9.17, 15) is 0 Å². The van der Waals surface area contributed by atoms with E-state index in [-0.39, 0.29) is 5.38 Å². The number of hydrogen-bond donors (Lipinski definition) is 0. The number of fused-ring (bicyclic) bond motifs is 1. The molecule has 0 bridgehead atoms. The van der Waals surface area contributed by atoms with E-state index >= 15 is 0 Å². The highest BCUT2D eigenvalue weighted by Crippen LogP contribution is 2.31. The van der Waals surface area contributed by atoms with Crippen molar-refractivity contribution in [1.82, 2.24) is 9.55 Å². The summed E-state index contributed by atoms with van der Waals surface area (Å²) in [6.45, 7) is 3.98. The van der Waals surface area contributed by atoms with Gasteiger partial charge < -0.3 is 0 Å². The lowest BCUT2D eigenvalue weighted by molar-refractivity contribution is 0.882. The fourth-order valence-corrected chi connectivity index (χ4v) is 3.01. The van der Waals surface area contributed by atoms with E-state index in [4.69, 9.17) is 23.2 Å². The fourth-order valence-electron chi connectivity index (χ4n) is 2.33. The fraction of sp³-hybridized carbons (Fsp3) is 0.188. The van der Waals surface area contributed by atoms with Crippen LogP contribution in [0.4, 0.5) is 0 Å². The molecule has 0 amide bonds. The molecule has 1 unspecified atom stereocenters. The lowest BCUT2D eigenvalue weighted by Crippen LogP contribution is -2.02. The Bertz CT molecular complexity index is 825. The summed E-state index contributed by atoms with van der Waals surface area (Å²) in [5.41, 5.74) is 4.06. The monoisotopic (exact) mass is 382 g/mol. The molecule has 0 aliphatic carbocycles. The number of imidazole rings is 1. The van der Waals surface area contributed by atoms with E-state index in [1.807, 2.05) is 25.1 Å². The van der Waals surface area contributed by atoms with Crippen molar-refractivity contribution >= 4 is 50.2 Å². The van der Waals surface area contributed by atoms with Crippen LogP contribution in [0.25, 0.3) is 16.7 Å². The van der Waals surface area contributed by atoms with Gasteiger partial charge in [0, 0.05) is 15.2 Å². The van der Waals surface area contributed by atoms with Crippen LogP contribution in [-0.2, 0) is 0 Å². The maximum atomic E-state index is 6.31. The zero-order valence-electron chi connectivity index (χ0n) is 11.6. The summed E-state index contributed by atoms with van der Waals surface area (Å²) in [7, 11) is 0. The number of halogens is 3. The molecule has 5 heteroatoms. The summed E-state index contributed by atoms with van der Waals surface area (Å²) in [5, 5.41) is 0.474. The topological polar surface area (TPSA) is 17.8 Å². The highest BCUT2D eigenvalue weighted by atomic mass is 79.9. The number of benzene rings is 2. The average Bonchev–Trinajstić information content (AvgIpc) is 2.80. The van der Waals surface area contributed by atoms with Gasteiger partial charge in [-0.1, -0.05) is 33.6 Å². The smallest absolute Gasteiger partial charge is 0.132 e. The van der Waals surface area contributed by atoms with Crippen LogP contribution in [-0.4, -0.2) is 9.55 Å². The van der Waals surface area contributed by atoms with Gasteiger partial charge in [-0.05, 0) is 49.7 Å². The lowest BCUT2D eigenvalue weighted by Gasteiger charge is -2.12. The van der Waals surface area contributed by atoms with Crippen molar-refractivity contribution in [2.45, 2.75) is 19.2 Å². The Morgan fingerprint density at radius 3 is 2.62 bits per heavy atom. The first kappa shape index (κ1) is 14.9. The van der Waals surface area contributed by atoms with E-state index in [0.717, 1.165) is 27.0 Å². The van der Waals surface area contributed by atoms with Gasteiger partial charge in [-0.2, -0.15) is 0 Å². The minimum atomic E-state index is -0.198. The molecular weight excluding hydrogens is 371 g/mol. The van der Waals surface area contributed by atoms with Crippen molar-refractivity contribution in [3.8, 4) is 5.69 Å². The predicted octanol–water partition coefficient (Wildman–Crippen LogP) is 6.05. The molecule has 2 nitrogen and oxygen atoms in total. The van der Waals surface area contributed by atoms with E-state index < -0.39 is 0 Å². The highest BCUT2D eigenvalue weighted by Gasteiger charge is 2.17. The van der Waals surface area contributed by atoms with Gasteiger partial charge in [-0.3, -0.25) is 4.57 Å². The Morgan fingerprint density at radius 2 is 1.95 bits per heavy atom. The van der Waals surface area contributed by atoms with Crippen LogP contribution in [0.1, 0.15) is 23.7 Å². The van der Waals surface area contributed by atoms with Crippen molar-refractivity contribution in [2.75, 3.05) is 0 Å². The quantitative estimate of drug-likeness (QED) is 0.492. The molecule has 21 heavy (non-hydrogen) atoms. The lowest BCUT2D eigenvalue weighted by atomic mass is 10.2. The Morgan fingerprint density at radius 1 is 1.19 bits per heavy atom. The maximum absolute atomic E-state index is 6.31. The normalized spacial score (nSPS) is 12.8. The van der Waals surface area contributed by atoms with Crippen LogP contribution in [0.15, 0.2) is 40.9 Å². The molecule has 0 aliphatic rings. The van der Waals surface area contributed by atoms with Crippen molar-refractivity contribution < 1.29 is 0 Å². The third kappa shape index (κ3) is 2.70. The Hall–Kier alpha value is -1.03. The first-order chi connectivity index (χ1) is 9.97. The predicted molar refractivity (Wildman–Crippen MR) is 92.8 cm³/mol. The van der Waals surface area contributed by atoms with Gasteiger partial charge in [0.1, 0.15) is 5.82 Å². The molecule has 3 rings (SSSR count). The second-order valence-electron chi connectivity index (χ2n) is 4.99. The van der Waals surface area contributed by atoms with Crippen molar-refractivity contribution in [3.63, 3.8) is 0 Å². The number of rotatable bonds is 2. The van der Waals surface area contributed by atoms with Crippen LogP contribution >= 0.6 is 39.1 Å². The molecule has 108 valence electrons. The minimum absolute atomic E-state index is 0.198. The minimum Gasteiger partial charge on any atom is -0.295 e. The van der Waals surface area contributed by atoms with E-state index in [2.05, 4.69) is 50.6 Å². The first-order valence-electron chi connectivity index (χ1n) is 6.56. The molecule has 0 aliphatic heterocycles. The summed E-state index contributed by atoms with van der Waals surface area (Å²) < 4.78 is 3.14. The van der Waals surface area contributed by atoms with Gasteiger partial charge in [-0.15, -0.1) is 11.6 Å². The van der Waals surface area contributed by atoms with Crippen LogP contribution in [0.2, 0.25) is 5.02 Å². The van der Waals surface area contributed by atoms with Crippen molar-refractivity contribution in [3.05, 3.63) is 57.3 Å². The zero-order valence-corrected chi connectivity index (χ0v) is 14.7. The highest BCUT2D eigenvalue weighted by molar-refractivity contribution is 9.10. The number of aromatic nitrogens is 2. The van der Waals surface area contributed by atoms with Crippen LogP contribution in [0.5, 0.6) is 0 Å². The van der Waals surface area contributed by atoms with Crippen LogP contribution in [0.3, 0.4) is 0 Å². The molecule has 0 spiro atoms. The van der Waals surface area contributed by atoms with Gasteiger partial charge in [0.15, 0.2) is 0 Å². The number of hydrogen-bond acceptors (Lipinski definition) is 1. The molecule has 0 radical (unpaired) electrons. The Labute approximate surface area is 141 Å². The second kappa shape index (κ2) is 5.64. The number of alkyl halides is 1. The molecule has 0 saturated heterocycles. The standard InChI is InChI=1S/C16H13BrCl2N2/c1-9-3-5-12(8-13(9)17)21-15-6-4-11(19)7-14(15)20-16(21)10(2)18/h3-8,10H,1-2H3. The van der Waals surface area contributed by atoms with Crippen LogP contribution in [0, 0.1) is 6.92 Å². The summed E-state index contributed by atoms with van der Waals surface area (Å²) in [4.78, 5) is 4.63. The van der Waals surface area contributed by atoms with Gasteiger partial charge in [-0.25, -0.2) is 4.98 Å². The largest absolute Gasteiger partial charge is 0.295 e. The van der Waals surface area contributed by atoms with Crippen molar-refractivity contribution in [1.29, 1.82) is 0 Å². The molecule has 2 aromatic carbocycles. The molecule has 3 aromatic rings.